The van der Waals surface area contributed by atoms with Gasteiger partial charge in [0.05, 0.1) is 20.8 Å². The average molecular weight is 292 g/mol. The number of rotatable bonds is 5. The number of phenolic OH excluding ortho intramolecular Hbond substituents is 2. The number of fused-ring (bicyclic) bond motifs is 1. The second kappa shape index (κ2) is 5.88. The molecule has 6 heteroatoms. The zero-order chi connectivity index (χ0) is 15.6. The molecule has 0 heterocycles. The van der Waals surface area contributed by atoms with Crippen LogP contribution < -0.4 is 9.47 Å². The Balaban J connectivity index is 2.75. The Hall–Kier alpha value is -2.47. The highest BCUT2D eigenvalue weighted by atomic mass is 16.5. The monoisotopic (exact) mass is 292 g/mol. The van der Waals surface area contributed by atoms with Crippen molar-refractivity contribution in [2.24, 2.45) is 0 Å². The van der Waals surface area contributed by atoms with Gasteiger partial charge in [0.25, 0.3) is 0 Å². The van der Waals surface area contributed by atoms with Crippen molar-refractivity contribution in [2.75, 3.05) is 20.8 Å². The van der Waals surface area contributed by atoms with Gasteiger partial charge in [0.1, 0.15) is 17.1 Å². The van der Waals surface area contributed by atoms with Gasteiger partial charge in [-0.2, -0.15) is 0 Å². The first kappa shape index (κ1) is 14.9. The highest BCUT2D eigenvalue weighted by Crippen LogP contribution is 2.41. The van der Waals surface area contributed by atoms with Crippen LogP contribution in [0, 0.1) is 0 Å². The molecule has 2 rings (SSSR count). The normalized spacial score (nSPS) is 10.6. The van der Waals surface area contributed by atoms with E-state index in [1.54, 1.807) is 6.07 Å². The smallest absolute Gasteiger partial charge is 0.172 e. The summed E-state index contributed by atoms with van der Waals surface area (Å²) in [4.78, 5) is 12.0. The van der Waals surface area contributed by atoms with Gasteiger partial charge in [-0.25, -0.2) is 0 Å². The van der Waals surface area contributed by atoms with Crippen molar-refractivity contribution in [1.29, 1.82) is 0 Å². The highest BCUT2D eigenvalue weighted by Gasteiger charge is 2.21. The lowest BCUT2D eigenvalue weighted by molar-refractivity contribution is 0.0951. The summed E-state index contributed by atoms with van der Waals surface area (Å²) in [7, 11) is 2.80. The van der Waals surface area contributed by atoms with Crippen LogP contribution in [0.5, 0.6) is 23.0 Å². The molecule has 0 fully saturated rings. The molecule has 0 spiro atoms. The van der Waals surface area contributed by atoms with Crippen LogP contribution in [0.4, 0.5) is 0 Å². The van der Waals surface area contributed by atoms with E-state index in [0.29, 0.717) is 10.8 Å². The molecule has 0 atom stereocenters. The van der Waals surface area contributed by atoms with Crippen molar-refractivity contribution in [3.8, 4) is 23.0 Å². The van der Waals surface area contributed by atoms with Gasteiger partial charge in [-0.3, -0.25) is 4.79 Å². The lowest BCUT2D eigenvalue weighted by atomic mass is 9.99. The van der Waals surface area contributed by atoms with E-state index >= 15 is 0 Å². The zero-order valence-electron chi connectivity index (χ0n) is 11.7. The summed E-state index contributed by atoms with van der Waals surface area (Å²) in [5.41, 5.74) is -0.0105. The maximum absolute atomic E-state index is 12.0. The Bertz CT molecular complexity index is 692. The van der Waals surface area contributed by atoms with E-state index in [9.17, 15) is 15.0 Å². The molecule has 0 amide bonds. The largest absolute Gasteiger partial charge is 0.506 e. The fraction of sp³-hybridized carbons (Fsp3) is 0.267. The predicted octanol–water partition coefficient (Wildman–Crippen LogP) is 1.83. The predicted molar refractivity (Wildman–Crippen MR) is 76.4 cm³/mol. The second-order valence-electron chi connectivity index (χ2n) is 4.44. The zero-order valence-corrected chi connectivity index (χ0v) is 11.7. The number of carbonyl (C=O) groups excluding carboxylic acids is 1. The van der Waals surface area contributed by atoms with Crippen molar-refractivity contribution in [3.05, 3.63) is 23.8 Å². The molecule has 112 valence electrons. The van der Waals surface area contributed by atoms with Crippen molar-refractivity contribution in [3.63, 3.8) is 0 Å². The second-order valence-corrected chi connectivity index (χ2v) is 4.44. The third kappa shape index (κ3) is 2.57. The van der Waals surface area contributed by atoms with Crippen molar-refractivity contribution < 1.29 is 29.6 Å². The third-order valence-electron chi connectivity index (χ3n) is 3.21. The molecule has 0 unspecified atom stereocenters. The number of aliphatic hydroxyl groups is 1. The maximum Gasteiger partial charge on any atom is 0.172 e. The number of ketones is 1. The minimum absolute atomic E-state index is 0.0105. The standard InChI is InChI=1S/C15H16O6/c1-20-12-5-8-6-13(21-2)14(10(17)3-4-16)15(19)9(8)7-11(12)18/h5-7,16,18-19H,3-4H2,1-2H3. The number of benzene rings is 2. The van der Waals surface area contributed by atoms with Gasteiger partial charge < -0.3 is 24.8 Å². The number of aromatic hydroxyl groups is 2. The number of Topliss-reactive ketones (excluding diaryl/α,β-unsaturated/α-hetero) is 1. The number of carbonyl (C=O) groups is 1. The Morgan fingerprint density at radius 1 is 1.10 bits per heavy atom. The van der Waals surface area contributed by atoms with Gasteiger partial charge >= 0.3 is 0 Å². The first-order valence-corrected chi connectivity index (χ1v) is 6.28. The van der Waals surface area contributed by atoms with E-state index in [4.69, 9.17) is 14.6 Å². The van der Waals surface area contributed by atoms with Crippen LogP contribution in [0.3, 0.4) is 0 Å². The first-order chi connectivity index (χ1) is 10.0. The molecule has 6 nitrogen and oxygen atoms in total. The summed E-state index contributed by atoms with van der Waals surface area (Å²) in [6.45, 7) is -0.326. The van der Waals surface area contributed by atoms with E-state index in [1.165, 1.54) is 26.4 Å². The van der Waals surface area contributed by atoms with Gasteiger partial charge in [-0.1, -0.05) is 0 Å². The number of aliphatic hydroxyl groups excluding tert-OH is 1. The molecule has 0 aliphatic carbocycles. The van der Waals surface area contributed by atoms with Crippen LogP contribution in [0.1, 0.15) is 16.8 Å². The van der Waals surface area contributed by atoms with Crippen molar-refractivity contribution >= 4 is 16.6 Å². The van der Waals surface area contributed by atoms with Crippen LogP contribution in [0.15, 0.2) is 18.2 Å². The Morgan fingerprint density at radius 3 is 2.29 bits per heavy atom. The number of methoxy groups -OCH3 is 2. The van der Waals surface area contributed by atoms with Gasteiger partial charge in [-0.15, -0.1) is 0 Å². The number of hydrogen-bond acceptors (Lipinski definition) is 6. The molecule has 2 aromatic carbocycles. The molecule has 3 N–H and O–H groups in total. The minimum atomic E-state index is -0.441. The summed E-state index contributed by atoms with van der Waals surface area (Å²) >= 11 is 0. The lowest BCUT2D eigenvalue weighted by Crippen LogP contribution is -2.05. The third-order valence-corrected chi connectivity index (χ3v) is 3.21. The number of hydrogen-bond donors (Lipinski definition) is 3. The van der Waals surface area contributed by atoms with Gasteiger partial charge in [0.2, 0.25) is 0 Å². The molecule has 0 aliphatic rings. The summed E-state index contributed by atoms with van der Waals surface area (Å²) in [6.07, 6.45) is -0.127. The summed E-state index contributed by atoms with van der Waals surface area (Å²) in [5.74, 6) is -0.430. The topological polar surface area (TPSA) is 96.2 Å². The SMILES string of the molecule is COc1cc2cc(OC)c(C(=O)CCO)c(O)c2cc1O. The fourth-order valence-corrected chi connectivity index (χ4v) is 2.19. The molecular weight excluding hydrogens is 276 g/mol. The first-order valence-electron chi connectivity index (χ1n) is 6.28. The van der Waals surface area contributed by atoms with E-state index in [2.05, 4.69) is 0 Å². The summed E-state index contributed by atoms with van der Waals surface area (Å²) < 4.78 is 10.1. The van der Waals surface area contributed by atoms with Gasteiger partial charge in [0, 0.05) is 11.8 Å². The Labute approximate surface area is 121 Å². The summed E-state index contributed by atoms with van der Waals surface area (Å²) in [5, 5.41) is 29.8. The van der Waals surface area contributed by atoms with Crippen LogP contribution in [-0.4, -0.2) is 41.9 Å². The van der Waals surface area contributed by atoms with E-state index in [1.807, 2.05) is 0 Å². The van der Waals surface area contributed by atoms with Gasteiger partial charge in [0.15, 0.2) is 17.3 Å². The van der Waals surface area contributed by atoms with Crippen LogP contribution in [0.25, 0.3) is 10.8 Å². The lowest BCUT2D eigenvalue weighted by Gasteiger charge is -2.13. The van der Waals surface area contributed by atoms with Crippen LogP contribution >= 0.6 is 0 Å². The molecule has 0 saturated heterocycles. The fourth-order valence-electron chi connectivity index (χ4n) is 2.19. The highest BCUT2D eigenvalue weighted by molar-refractivity contribution is 6.08. The van der Waals surface area contributed by atoms with Gasteiger partial charge in [-0.05, 0) is 23.6 Å². The van der Waals surface area contributed by atoms with E-state index in [0.717, 1.165) is 0 Å². The molecule has 2 aromatic rings. The maximum atomic E-state index is 12.0. The minimum Gasteiger partial charge on any atom is -0.506 e. The number of phenols is 2. The van der Waals surface area contributed by atoms with Crippen molar-refractivity contribution in [1.82, 2.24) is 0 Å². The van der Waals surface area contributed by atoms with E-state index < -0.39 is 5.78 Å². The Kier molecular flexibility index (Phi) is 4.18. The van der Waals surface area contributed by atoms with Crippen LogP contribution in [0.2, 0.25) is 0 Å². The van der Waals surface area contributed by atoms with Crippen molar-refractivity contribution in [2.45, 2.75) is 6.42 Å². The molecule has 0 radical (unpaired) electrons. The molecule has 0 aromatic heterocycles. The average Bonchev–Trinajstić information content (AvgIpc) is 2.47. The van der Waals surface area contributed by atoms with Crippen LogP contribution in [-0.2, 0) is 0 Å². The quantitative estimate of drug-likeness (QED) is 0.728. The molecule has 21 heavy (non-hydrogen) atoms. The Morgan fingerprint density at radius 2 is 1.71 bits per heavy atom. The molecule has 0 aliphatic heterocycles. The molecule has 0 bridgehead atoms. The summed E-state index contributed by atoms with van der Waals surface area (Å²) in [6, 6.07) is 4.42. The van der Waals surface area contributed by atoms with E-state index in [-0.39, 0.29) is 41.6 Å². The number of ether oxygens (including phenoxy) is 2. The molecular formula is C15H16O6. The molecule has 0 saturated carbocycles.